The molecular weight excluding hydrogens is 520 g/mol. The number of thiocarbonyl (C=S) groups is 1. The molecule has 7 nitrogen and oxygen atoms in total. The number of carboxylic acids is 1. The molecule has 1 aliphatic rings. The molecule has 2 N–H and O–H groups in total. The number of hydrogen-bond donors (Lipinski definition) is 2. The Kier molecular flexibility index (Phi) is 6.76. The largest absolute Gasteiger partial charge is 0.478 e. The molecule has 5 aromatic rings. The summed E-state index contributed by atoms with van der Waals surface area (Å²) < 4.78 is 8.13. The van der Waals surface area contributed by atoms with Gasteiger partial charge in [-0.3, -0.25) is 4.98 Å². The molecular formula is C32H26N4O3S. The zero-order valence-corrected chi connectivity index (χ0v) is 22.5. The zero-order valence-electron chi connectivity index (χ0n) is 21.6. The highest BCUT2D eigenvalue weighted by molar-refractivity contribution is 7.80. The number of rotatable bonds is 7. The van der Waals surface area contributed by atoms with Crippen LogP contribution in [0, 0.1) is 6.92 Å². The SMILES string of the molecule is Cc1ccccc1Oc1ccc(N2C(=S)N[C@H](c3ccccn3)[C@H]2c2cccn2-c2cccc(C(=O)O)c2)cc1. The molecule has 2 atom stereocenters. The Morgan fingerprint density at radius 2 is 1.73 bits per heavy atom. The summed E-state index contributed by atoms with van der Waals surface area (Å²) in [6, 6.07) is 32.0. The number of anilines is 1. The molecule has 3 aromatic carbocycles. The maximum Gasteiger partial charge on any atom is 0.335 e. The van der Waals surface area contributed by atoms with E-state index in [1.165, 1.54) is 0 Å². The van der Waals surface area contributed by atoms with Gasteiger partial charge in [0.05, 0.1) is 17.3 Å². The molecule has 0 saturated carbocycles. The van der Waals surface area contributed by atoms with E-state index in [1.807, 2.05) is 103 Å². The van der Waals surface area contributed by atoms with E-state index in [2.05, 4.69) is 15.2 Å². The van der Waals surface area contributed by atoms with Crippen molar-refractivity contribution in [1.82, 2.24) is 14.9 Å². The first-order chi connectivity index (χ1) is 19.5. The number of para-hydroxylation sites is 1. The number of nitrogens with zero attached hydrogens (tertiary/aromatic N) is 3. The minimum absolute atomic E-state index is 0.222. The van der Waals surface area contributed by atoms with Crippen molar-refractivity contribution in [3.63, 3.8) is 0 Å². The van der Waals surface area contributed by atoms with Crippen LogP contribution in [0.3, 0.4) is 0 Å². The summed E-state index contributed by atoms with van der Waals surface area (Å²) in [5.74, 6) is 0.561. The average Bonchev–Trinajstić information content (AvgIpc) is 3.60. The van der Waals surface area contributed by atoms with Crippen molar-refractivity contribution in [2.75, 3.05) is 4.90 Å². The molecule has 1 fully saturated rings. The van der Waals surface area contributed by atoms with E-state index in [4.69, 9.17) is 17.0 Å². The number of hydrogen-bond acceptors (Lipinski definition) is 4. The van der Waals surface area contributed by atoms with Crippen LogP contribution in [0.25, 0.3) is 5.69 Å². The van der Waals surface area contributed by atoms with Gasteiger partial charge in [-0.25, -0.2) is 4.79 Å². The number of pyridine rings is 1. The van der Waals surface area contributed by atoms with Crippen LogP contribution >= 0.6 is 12.2 Å². The van der Waals surface area contributed by atoms with E-state index in [9.17, 15) is 9.90 Å². The van der Waals surface area contributed by atoms with Crippen molar-refractivity contribution < 1.29 is 14.6 Å². The summed E-state index contributed by atoms with van der Waals surface area (Å²) in [6.07, 6.45) is 3.71. The van der Waals surface area contributed by atoms with Crippen molar-refractivity contribution in [1.29, 1.82) is 0 Å². The summed E-state index contributed by atoms with van der Waals surface area (Å²) in [7, 11) is 0. The molecule has 6 rings (SSSR count). The quantitative estimate of drug-likeness (QED) is 0.216. The van der Waals surface area contributed by atoms with Crippen molar-refractivity contribution in [3.05, 3.63) is 138 Å². The van der Waals surface area contributed by atoms with Gasteiger partial charge < -0.3 is 24.6 Å². The summed E-state index contributed by atoms with van der Waals surface area (Å²) in [5.41, 5.74) is 4.71. The standard InChI is InChI=1S/C32H26N4O3S/c1-21-8-2-3-13-28(21)39-25-16-14-23(15-17-25)36-30(29(34-32(36)40)26-11-4-5-18-33-26)27-12-7-19-35(27)24-10-6-9-22(20-24)31(37)38/h2-20,29-30H,1H3,(H,34,40)(H,37,38)/t29-,30-/m1/s1. The smallest absolute Gasteiger partial charge is 0.335 e. The Morgan fingerprint density at radius 3 is 2.48 bits per heavy atom. The molecule has 1 aliphatic heterocycles. The Balaban J connectivity index is 1.41. The van der Waals surface area contributed by atoms with Gasteiger partial charge in [-0.15, -0.1) is 0 Å². The zero-order chi connectivity index (χ0) is 27.6. The summed E-state index contributed by atoms with van der Waals surface area (Å²) in [5, 5.41) is 13.6. The highest BCUT2D eigenvalue weighted by Gasteiger charge is 2.42. The van der Waals surface area contributed by atoms with E-state index >= 15 is 0 Å². The molecule has 0 radical (unpaired) electrons. The average molecular weight is 547 g/mol. The monoisotopic (exact) mass is 546 g/mol. The van der Waals surface area contributed by atoms with Crippen LogP contribution in [0.15, 0.2) is 116 Å². The molecule has 0 spiro atoms. The van der Waals surface area contributed by atoms with E-state index in [0.29, 0.717) is 5.11 Å². The molecule has 2 aromatic heterocycles. The Hall–Kier alpha value is -4.95. The number of aryl methyl sites for hydroxylation is 1. The fraction of sp³-hybridized carbons (Fsp3) is 0.0938. The number of aromatic carboxylic acids is 1. The van der Waals surface area contributed by atoms with Crippen LogP contribution in [-0.2, 0) is 0 Å². The number of nitrogens with one attached hydrogen (secondary N) is 1. The third kappa shape index (κ3) is 4.81. The van der Waals surface area contributed by atoms with Gasteiger partial charge in [0, 0.05) is 29.5 Å². The lowest BCUT2D eigenvalue weighted by atomic mass is 10.0. The van der Waals surface area contributed by atoms with Crippen LogP contribution in [0.5, 0.6) is 11.5 Å². The van der Waals surface area contributed by atoms with Gasteiger partial charge >= 0.3 is 5.97 Å². The predicted octanol–water partition coefficient (Wildman–Crippen LogP) is 6.85. The molecule has 0 bridgehead atoms. The van der Waals surface area contributed by atoms with Crippen LogP contribution in [0.4, 0.5) is 5.69 Å². The molecule has 0 amide bonds. The van der Waals surface area contributed by atoms with Gasteiger partial charge in [0.15, 0.2) is 5.11 Å². The topological polar surface area (TPSA) is 79.6 Å². The highest BCUT2D eigenvalue weighted by Crippen LogP contribution is 2.42. The van der Waals surface area contributed by atoms with E-state index < -0.39 is 5.97 Å². The highest BCUT2D eigenvalue weighted by atomic mass is 32.1. The first kappa shape index (κ1) is 25.3. The van der Waals surface area contributed by atoms with Crippen LogP contribution in [0.2, 0.25) is 0 Å². The molecule has 0 unspecified atom stereocenters. The fourth-order valence-electron chi connectivity index (χ4n) is 5.07. The van der Waals surface area contributed by atoms with Gasteiger partial charge in [0.25, 0.3) is 0 Å². The van der Waals surface area contributed by atoms with Gasteiger partial charge in [0.1, 0.15) is 17.5 Å². The summed E-state index contributed by atoms with van der Waals surface area (Å²) >= 11 is 5.89. The van der Waals surface area contributed by atoms with Crippen molar-refractivity contribution >= 4 is 29.0 Å². The van der Waals surface area contributed by atoms with Gasteiger partial charge in [-0.2, -0.15) is 0 Å². The van der Waals surface area contributed by atoms with Gasteiger partial charge in [-0.1, -0.05) is 30.3 Å². The Labute approximate surface area is 237 Å². The second-order valence-corrected chi connectivity index (χ2v) is 9.90. The molecule has 40 heavy (non-hydrogen) atoms. The third-order valence-electron chi connectivity index (χ3n) is 6.99. The maximum atomic E-state index is 11.7. The lowest BCUT2D eigenvalue weighted by Crippen LogP contribution is -2.30. The number of carboxylic acid groups (broad SMARTS) is 1. The Morgan fingerprint density at radius 1 is 0.925 bits per heavy atom. The molecule has 0 aliphatic carbocycles. The second kappa shape index (κ2) is 10.7. The maximum absolute atomic E-state index is 11.7. The number of aromatic nitrogens is 2. The third-order valence-corrected chi connectivity index (χ3v) is 7.30. The first-order valence-corrected chi connectivity index (χ1v) is 13.3. The van der Waals surface area contributed by atoms with E-state index in [1.54, 1.807) is 24.4 Å². The van der Waals surface area contributed by atoms with Gasteiger partial charge in [0.2, 0.25) is 0 Å². The Bertz CT molecular complexity index is 1680. The molecule has 3 heterocycles. The van der Waals surface area contributed by atoms with Gasteiger partial charge in [-0.05, 0) is 97.5 Å². The summed E-state index contributed by atoms with van der Waals surface area (Å²) in [6.45, 7) is 2.02. The van der Waals surface area contributed by atoms with Crippen LogP contribution in [0.1, 0.15) is 39.4 Å². The number of carbonyl (C=O) groups is 1. The first-order valence-electron chi connectivity index (χ1n) is 12.8. The van der Waals surface area contributed by atoms with Crippen molar-refractivity contribution in [3.8, 4) is 17.2 Å². The number of ether oxygens (including phenoxy) is 1. The minimum Gasteiger partial charge on any atom is -0.478 e. The lowest BCUT2D eigenvalue weighted by Gasteiger charge is -2.29. The van der Waals surface area contributed by atoms with Crippen molar-refractivity contribution in [2.24, 2.45) is 0 Å². The second-order valence-electron chi connectivity index (χ2n) is 9.52. The molecule has 198 valence electrons. The number of benzene rings is 3. The van der Waals surface area contributed by atoms with Crippen LogP contribution in [-0.4, -0.2) is 25.7 Å². The van der Waals surface area contributed by atoms with Crippen molar-refractivity contribution in [2.45, 2.75) is 19.0 Å². The molecule has 1 saturated heterocycles. The predicted molar refractivity (Wildman–Crippen MR) is 158 cm³/mol. The normalized spacial score (nSPS) is 16.5. The lowest BCUT2D eigenvalue weighted by molar-refractivity contribution is 0.0697. The fourth-order valence-corrected chi connectivity index (χ4v) is 5.41. The minimum atomic E-state index is -0.972. The van der Waals surface area contributed by atoms with E-state index in [-0.39, 0.29) is 17.6 Å². The summed E-state index contributed by atoms with van der Waals surface area (Å²) in [4.78, 5) is 18.4. The molecule has 8 heteroatoms. The van der Waals surface area contributed by atoms with Crippen LogP contribution < -0.4 is 15.0 Å². The van der Waals surface area contributed by atoms with E-state index in [0.717, 1.165) is 39.8 Å².